The van der Waals surface area contributed by atoms with E-state index in [0.29, 0.717) is 55.9 Å². The number of halogens is 3. The fraction of sp³-hybridized carbons (Fsp3) is 0.417. The van der Waals surface area contributed by atoms with Crippen LogP contribution in [-0.2, 0) is 10.9 Å². The van der Waals surface area contributed by atoms with Crippen molar-refractivity contribution in [1.29, 1.82) is 0 Å². The number of amides is 1. The second-order valence-electron chi connectivity index (χ2n) is 8.56. The minimum Gasteiger partial charge on any atom is -0.378 e. The Morgan fingerprint density at radius 3 is 2.52 bits per heavy atom. The van der Waals surface area contributed by atoms with Gasteiger partial charge in [-0.1, -0.05) is 18.2 Å². The fourth-order valence-electron chi connectivity index (χ4n) is 4.78. The second kappa shape index (κ2) is 8.70. The van der Waals surface area contributed by atoms with E-state index in [4.69, 9.17) is 4.74 Å². The summed E-state index contributed by atoms with van der Waals surface area (Å²) in [6.45, 7) is 3.78. The Bertz CT molecular complexity index is 1150. The van der Waals surface area contributed by atoms with Crippen molar-refractivity contribution in [3.8, 4) is 0 Å². The molecule has 0 spiro atoms. The SMILES string of the molecule is O=C(c1cc2ncc(N3CCOCC3)cc2[nH]1)N1CCC(c2ccccc2C(F)(F)F)CC1. The lowest BCUT2D eigenvalue weighted by molar-refractivity contribution is -0.138. The first-order valence-corrected chi connectivity index (χ1v) is 11.2. The number of alkyl halides is 3. The van der Waals surface area contributed by atoms with Gasteiger partial charge < -0.3 is 19.5 Å². The lowest BCUT2D eigenvalue weighted by Gasteiger charge is -2.33. The number of aromatic amines is 1. The molecular weight excluding hydrogens is 433 g/mol. The molecule has 2 fully saturated rings. The highest BCUT2D eigenvalue weighted by Crippen LogP contribution is 2.38. The number of carbonyl (C=O) groups is 1. The summed E-state index contributed by atoms with van der Waals surface area (Å²) in [5.41, 5.74) is 2.68. The predicted octanol–water partition coefficient (Wildman–Crippen LogP) is 4.44. The molecule has 2 saturated heterocycles. The summed E-state index contributed by atoms with van der Waals surface area (Å²) < 4.78 is 45.6. The van der Waals surface area contributed by atoms with Gasteiger partial charge in [-0.25, -0.2) is 0 Å². The van der Waals surface area contributed by atoms with Gasteiger partial charge in [0.05, 0.1) is 41.7 Å². The number of hydrogen-bond donors (Lipinski definition) is 1. The average Bonchev–Trinajstić information content (AvgIpc) is 3.27. The number of aromatic nitrogens is 2. The Morgan fingerprint density at radius 2 is 1.79 bits per heavy atom. The zero-order valence-corrected chi connectivity index (χ0v) is 18.1. The van der Waals surface area contributed by atoms with Gasteiger partial charge in [0.25, 0.3) is 5.91 Å². The first-order chi connectivity index (χ1) is 15.9. The monoisotopic (exact) mass is 458 g/mol. The molecule has 3 aromatic rings. The highest BCUT2D eigenvalue weighted by molar-refractivity contribution is 5.97. The third kappa shape index (κ3) is 4.42. The van der Waals surface area contributed by atoms with E-state index in [9.17, 15) is 18.0 Å². The number of benzene rings is 1. The van der Waals surface area contributed by atoms with Crippen molar-refractivity contribution < 1.29 is 22.7 Å². The third-order valence-corrected chi connectivity index (χ3v) is 6.55. The molecule has 0 aliphatic carbocycles. The average molecular weight is 458 g/mol. The van der Waals surface area contributed by atoms with Gasteiger partial charge in [0, 0.05) is 26.2 Å². The first kappa shape index (κ1) is 21.8. The van der Waals surface area contributed by atoms with Gasteiger partial charge >= 0.3 is 6.18 Å². The van der Waals surface area contributed by atoms with Crippen molar-refractivity contribution in [1.82, 2.24) is 14.9 Å². The largest absolute Gasteiger partial charge is 0.416 e. The van der Waals surface area contributed by atoms with Crippen molar-refractivity contribution in [3.05, 3.63) is 59.4 Å². The van der Waals surface area contributed by atoms with Crippen molar-refractivity contribution in [2.24, 2.45) is 0 Å². The van der Waals surface area contributed by atoms with E-state index >= 15 is 0 Å². The van der Waals surface area contributed by atoms with Crippen LogP contribution in [0.1, 0.15) is 40.4 Å². The van der Waals surface area contributed by atoms with Gasteiger partial charge in [-0.15, -0.1) is 0 Å². The van der Waals surface area contributed by atoms with Crippen molar-refractivity contribution in [2.45, 2.75) is 24.9 Å². The number of likely N-dealkylation sites (tertiary alicyclic amines) is 1. The number of fused-ring (bicyclic) bond motifs is 1. The van der Waals surface area contributed by atoms with Gasteiger partial charge in [-0.05, 0) is 42.5 Å². The molecule has 1 N–H and O–H groups in total. The molecule has 5 rings (SSSR count). The highest BCUT2D eigenvalue weighted by Gasteiger charge is 2.36. The maximum absolute atomic E-state index is 13.4. The maximum Gasteiger partial charge on any atom is 0.416 e. The van der Waals surface area contributed by atoms with Crippen LogP contribution in [0.3, 0.4) is 0 Å². The predicted molar refractivity (Wildman–Crippen MR) is 118 cm³/mol. The van der Waals surface area contributed by atoms with Crippen molar-refractivity contribution in [3.63, 3.8) is 0 Å². The minimum atomic E-state index is -4.37. The molecule has 2 aliphatic heterocycles. The smallest absolute Gasteiger partial charge is 0.378 e. The van der Waals surface area contributed by atoms with Crippen LogP contribution in [0.2, 0.25) is 0 Å². The van der Waals surface area contributed by atoms with Crippen LogP contribution in [0.5, 0.6) is 0 Å². The Kier molecular flexibility index (Phi) is 5.74. The molecule has 0 atom stereocenters. The molecule has 6 nitrogen and oxygen atoms in total. The second-order valence-corrected chi connectivity index (χ2v) is 8.56. The summed E-state index contributed by atoms with van der Waals surface area (Å²) in [7, 11) is 0. The molecule has 1 amide bonds. The molecule has 2 aromatic heterocycles. The number of rotatable bonds is 3. The van der Waals surface area contributed by atoms with E-state index in [1.807, 2.05) is 6.07 Å². The molecule has 1 aromatic carbocycles. The van der Waals surface area contributed by atoms with Crippen LogP contribution in [0.15, 0.2) is 42.6 Å². The van der Waals surface area contributed by atoms with Crippen molar-refractivity contribution >= 4 is 22.6 Å². The molecule has 0 saturated carbocycles. The summed E-state index contributed by atoms with van der Waals surface area (Å²) in [5.74, 6) is -0.365. The van der Waals surface area contributed by atoms with Crippen LogP contribution < -0.4 is 4.90 Å². The first-order valence-electron chi connectivity index (χ1n) is 11.2. The minimum absolute atomic E-state index is 0.150. The van der Waals surface area contributed by atoms with Crippen LogP contribution in [-0.4, -0.2) is 60.2 Å². The number of hydrogen-bond acceptors (Lipinski definition) is 4. The van der Waals surface area contributed by atoms with Gasteiger partial charge in [-0.3, -0.25) is 9.78 Å². The summed E-state index contributed by atoms with van der Waals surface area (Å²) in [4.78, 5) is 24.7. The molecule has 0 unspecified atom stereocenters. The number of nitrogens with zero attached hydrogens (tertiary/aromatic N) is 3. The number of carbonyl (C=O) groups excluding carboxylic acids is 1. The molecule has 33 heavy (non-hydrogen) atoms. The van der Waals surface area contributed by atoms with Crippen molar-refractivity contribution in [2.75, 3.05) is 44.3 Å². The van der Waals surface area contributed by atoms with E-state index in [1.165, 1.54) is 6.07 Å². The van der Waals surface area contributed by atoms with E-state index in [-0.39, 0.29) is 11.8 Å². The van der Waals surface area contributed by atoms with E-state index in [1.54, 1.807) is 29.3 Å². The molecule has 9 heteroatoms. The normalized spacial score (nSPS) is 18.2. The molecule has 4 heterocycles. The van der Waals surface area contributed by atoms with E-state index in [0.717, 1.165) is 30.4 Å². The maximum atomic E-state index is 13.4. The van der Waals surface area contributed by atoms with Gasteiger partial charge in [0.2, 0.25) is 0 Å². The summed E-state index contributed by atoms with van der Waals surface area (Å²) in [6, 6.07) is 9.48. The van der Waals surface area contributed by atoms with Gasteiger partial charge in [0.1, 0.15) is 5.69 Å². The Balaban J connectivity index is 1.28. The quantitative estimate of drug-likeness (QED) is 0.631. The Morgan fingerprint density at radius 1 is 1.06 bits per heavy atom. The molecular formula is C24H25F3N4O2. The highest BCUT2D eigenvalue weighted by atomic mass is 19.4. The summed E-state index contributed by atoms with van der Waals surface area (Å²) in [5, 5.41) is 0. The third-order valence-electron chi connectivity index (χ3n) is 6.55. The van der Waals surface area contributed by atoms with Crippen LogP contribution in [0.4, 0.5) is 18.9 Å². The number of pyridine rings is 1. The fourth-order valence-corrected chi connectivity index (χ4v) is 4.78. The zero-order chi connectivity index (χ0) is 23.0. The lowest BCUT2D eigenvalue weighted by atomic mass is 9.86. The molecule has 0 bridgehead atoms. The van der Waals surface area contributed by atoms with Crippen LogP contribution in [0.25, 0.3) is 11.0 Å². The Labute approximate surface area is 189 Å². The van der Waals surface area contributed by atoms with Gasteiger partial charge in [-0.2, -0.15) is 13.2 Å². The number of H-pyrrole nitrogens is 1. The number of morpholine rings is 1. The molecule has 2 aliphatic rings. The number of nitrogens with one attached hydrogen (secondary N) is 1. The topological polar surface area (TPSA) is 61.5 Å². The van der Waals surface area contributed by atoms with Crippen LogP contribution >= 0.6 is 0 Å². The Hall–Kier alpha value is -3.07. The molecule has 0 radical (unpaired) electrons. The zero-order valence-electron chi connectivity index (χ0n) is 18.1. The summed E-state index contributed by atoms with van der Waals surface area (Å²) >= 11 is 0. The van der Waals surface area contributed by atoms with Gasteiger partial charge in [0.15, 0.2) is 0 Å². The lowest BCUT2D eigenvalue weighted by Crippen LogP contribution is -2.38. The summed E-state index contributed by atoms with van der Waals surface area (Å²) in [6.07, 6.45) is -1.57. The van der Waals surface area contributed by atoms with E-state index in [2.05, 4.69) is 14.9 Å². The number of ether oxygens (including phenoxy) is 1. The van der Waals surface area contributed by atoms with E-state index < -0.39 is 11.7 Å². The number of anilines is 1. The standard InChI is InChI=1S/C24H25F3N4O2/c25-24(26,27)19-4-2-1-3-18(19)16-5-7-31(8-6-16)23(32)22-14-20-21(29-22)13-17(15-28-20)30-9-11-33-12-10-30/h1-4,13-16,29H,5-12H2. The van der Waals surface area contributed by atoms with Crippen LogP contribution in [0, 0.1) is 0 Å². The number of piperidine rings is 1. The molecule has 174 valence electrons.